The molecule has 3 aromatic heterocycles. The maximum absolute atomic E-state index is 13.9. The number of carbonyl (C=O) groups excluding carboxylic acids is 1. The van der Waals surface area contributed by atoms with Gasteiger partial charge in [0.05, 0.1) is 24.0 Å². The summed E-state index contributed by atoms with van der Waals surface area (Å²) in [4.78, 5) is 24.1. The summed E-state index contributed by atoms with van der Waals surface area (Å²) in [5.41, 5.74) is 1.61. The van der Waals surface area contributed by atoms with Crippen LogP contribution < -0.4 is 4.74 Å². The predicted molar refractivity (Wildman–Crippen MR) is 99.8 cm³/mol. The summed E-state index contributed by atoms with van der Waals surface area (Å²) in [5.74, 6) is -0.846. The van der Waals surface area contributed by atoms with Crippen molar-refractivity contribution in [1.29, 1.82) is 0 Å². The topological polar surface area (TPSA) is 86.0 Å². The standard InChI is InChI=1S/C19H21FN6O2/c1-4-25(14(3)12-28-18-16(20)9-13(2)10-22-18)19(27)15-11-21-6-5-17(15)26-23-7-8-24-26/h5-11,14H,4,12H2,1-3H3/t14-/m0/s1. The smallest absolute Gasteiger partial charge is 0.258 e. The van der Waals surface area contributed by atoms with Crippen LogP contribution in [0.5, 0.6) is 5.88 Å². The number of likely N-dealkylation sites (N-methyl/N-ethyl adjacent to an activating group) is 1. The van der Waals surface area contributed by atoms with E-state index in [1.165, 1.54) is 35.7 Å². The lowest BCUT2D eigenvalue weighted by molar-refractivity contribution is 0.0643. The monoisotopic (exact) mass is 384 g/mol. The first-order valence-corrected chi connectivity index (χ1v) is 8.87. The molecule has 0 aliphatic rings. The molecule has 0 saturated carbocycles. The largest absolute Gasteiger partial charge is 0.473 e. The van der Waals surface area contributed by atoms with Crippen LogP contribution in [0.3, 0.4) is 0 Å². The third kappa shape index (κ3) is 4.13. The summed E-state index contributed by atoms with van der Waals surface area (Å²) in [5, 5.41) is 8.17. The number of carbonyl (C=O) groups is 1. The summed E-state index contributed by atoms with van der Waals surface area (Å²) in [7, 11) is 0. The molecule has 8 nitrogen and oxygen atoms in total. The highest BCUT2D eigenvalue weighted by molar-refractivity contribution is 5.97. The molecule has 3 aromatic rings. The van der Waals surface area contributed by atoms with Crippen molar-refractivity contribution in [3.8, 4) is 11.6 Å². The molecular weight excluding hydrogens is 363 g/mol. The van der Waals surface area contributed by atoms with Crippen molar-refractivity contribution < 1.29 is 13.9 Å². The molecule has 0 N–H and O–H groups in total. The van der Waals surface area contributed by atoms with Crippen molar-refractivity contribution in [2.75, 3.05) is 13.2 Å². The highest BCUT2D eigenvalue weighted by atomic mass is 19.1. The fraction of sp³-hybridized carbons (Fsp3) is 0.316. The summed E-state index contributed by atoms with van der Waals surface area (Å²) in [6, 6.07) is 2.71. The van der Waals surface area contributed by atoms with Crippen LogP contribution in [0.25, 0.3) is 5.69 Å². The second-order valence-electron chi connectivity index (χ2n) is 6.26. The number of rotatable bonds is 7. The normalized spacial score (nSPS) is 11.9. The molecule has 146 valence electrons. The van der Waals surface area contributed by atoms with Gasteiger partial charge in [-0.15, -0.1) is 0 Å². The third-order valence-electron chi connectivity index (χ3n) is 4.20. The van der Waals surface area contributed by atoms with E-state index in [1.54, 1.807) is 24.1 Å². The van der Waals surface area contributed by atoms with Crippen LogP contribution in [-0.4, -0.2) is 55.0 Å². The molecule has 0 radical (unpaired) electrons. The fourth-order valence-corrected chi connectivity index (χ4v) is 2.79. The van der Waals surface area contributed by atoms with Crippen molar-refractivity contribution in [3.63, 3.8) is 0 Å². The Morgan fingerprint density at radius 1 is 1.29 bits per heavy atom. The van der Waals surface area contributed by atoms with Gasteiger partial charge in [-0.1, -0.05) is 0 Å². The number of aromatic nitrogens is 5. The van der Waals surface area contributed by atoms with Crippen LogP contribution in [0.4, 0.5) is 4.39 Å². The van der Waals surface area contributed by atoms with Gasteiger partial charge < -0.3 is 9.64 Å². The number of halogens is 1. The van der Waals surface area contributed by atoms with Gasteiger partial charge in [0.25, 0.3) is 5.91 Å². The van der Waals surface area contributed by atoms with E-state index in [2.05, 4.69) is 20.2 Å². The first-order valence-electron chi connectivity index (χ1n) is 8.87. The number of nitrogens with zero attached hydrogens (tertiary/aromatic N) is 6. The van der Waals surface area contributed by atoms with Gasteiger partial charge in [-0.3, -0.25) is 9.78 Å². The average Bonchev–Trinajstić information content (AvgIpc) is 3.22. The first kappa shape index (κ1) is 19.4. The second kappa shape index (κ2) is 8.55. The number of amides is 1. The maximum Gasteiger partial charge on any atom is 0.258 e. The van der Waals surface area contributed by atoms with Crippen molar-refractivity contribution in [1.82, 2.24) is 29.9 Å². The molecule has 3 rings (SSSR count). The van der Waals surface area contributed by atoms with E-state index in [4.69, 9.17) is 4.74 Å². The molecule has 0 spiro atoms. The second-order valence-corrected chi connectivity index (χ2v) is 6.26. The van der Waals surface area contributed by atoms with E-state index in [9.17, 15) is 9.18 Å². The summed E-state index contributed by atoms with van der Waals surface area (Å²) in [6.45, 7) is 5.98. The number of ether oxygens (including phenoxy) is 1. The molecule has 0 aliphatic carbocycles. The maximum atomic E-state index is 13.9. The van der Waals surface area contributed by atoms with Gasteiger partial charge in [0, 0.05) is 25.1 Å². The number of hydrogen-bond donors (Lipinski definition) is 0. The molecule has 0 bridgehead atoms. The minimum Gasteiger partial charge on any atom is -0.473 e. The Morgan fingerprint density at radius 2 is 2.04 bits per heavy atom. The van der Waals surface area contributed by atoms with Crippen molar-refractivity contribution in [2.45, 2.75) is 26.8 Å². The lowest BCUT2D eigenvalue weighted by Gasteiger charge is -2.28. The third-order valence-corrected chi connectivity index (χ3v) is 4.20. The van der Waals surface area contributed by atoms with Gasteiger partial charge in [-0.05, 0) is 38.5 Å². The van der Waals surface area contributed by atoms with E-state index in [0.29, 0.717) is 23.4 Å². The van der Waals surface area contributed by atoms with Gasteiger partial charge in [-0.2, -0.15) is 15.0 Å². The highest BCUT2D eigenvalue weighted by Gasteiger charge is 2.24. The van der Waals surface area contributed by atoms with Gasteiger partial charge in [-0.25, -0.2) is 9.37 Å². The number of pyridine rings is 2. The molecule has 1 amide bonds. The molecule has 28 heavy (non-hydrogen) atoms. The lowest BCUT2D eigenvalue weighted by atomic mass is 10.1. The van der Waals surface area contributed by atoms with Gasteiger partial charge in [0.15, 0.2) is 5.82 Å². The Hall–Kier alpha value is -3.36. The van der Waals surface area contributed by atoms with Crippen molar-refractivity contribution in [2.24, 2.45) is 0 Å². The van der Waals surface area contributed by atoms with E-state index in [0.717, 1.165) is 0 Å². The summed E-state index contributed by atoms with van der Waals surface area (Å²) in [6.07, 6.45) is 7.66. The van der Waals surface area contributed by atoms with Crippen LogP contribution in [-0.2, 0) is 0 Å². The van der Waals surface area contributed by atoms with E-state index in [1.807, 2.05) is 13.8 Å². The highest BCUT2D eigenvalue weighted by Crippen LogP contribution is 2.18. The number of aryl methyl sites for hydroxylation is 1. The van der Waals surface area contributed by atoms with Crippen LogP contribution in [0.15, 0.2) is 43.1 Å². The average molecular weight is 384 g/mol. The first-order chi connectivity index (χ1) is 13.5. The molecule has 9 heteroatoms. The fourth-order valence-electron chi connectivity index (χ4n) is 2.79. The van der Waals surface area contributed by atoms with Gasteiger partial charge >= 0.3 is 0 Å². The summed E-state index contributed by atoms with van der Waals surface area (Å²) >= 11 is 0. The zero-order valence-electron chi connectivity index (χ0n) is 15.9. The Balaban J connectivity index is 1.76. The van der Waals surface area contributed by atoms with Crippen LogP contribution in [0, 0.1) is 12.7 Å². The Bertz CT molecular complexity index is 947. The molecule has 3 heterocycles. The molecule has 1 atom stereocenters. The van der Waals surface area contributed by atoms with Gasteiger partial charge in [0.2, 0.25) is 5.88 Å². The SMILES string of the molecule is CCN(C(=O)c1cnccc1-n1nccn1)[C@@H](C)COc1ncc(C)cc1F. The van der Waals surface area contributed by atoms with E-state index >= 15 is 0 Å². The quantitative estimate of drug-likeness (QED) is 0.622. The zero-order valence-corrected chi connectivity index (χ0v) is 15.9. The van der Waals surface area contributed by atoms with Crippen LogP contribution in [0.2, 0.25) is 0 Å². The van der Waals surface area contributed by atoms with Crippen molar-refractivity contribution >= 4 is 5.91 Å². The minimum atomic E-state index is -0.527. The van der Waals surface area contributed by atoms with Gasteiger partial charge in [0.1, 0.15) is 12.3 Å². The Kier molecular flexibility index (Phi) is 5.93. The van der Waals surface area contributed by atoms with Crippen molar-refractivity contribution in [3.05, 3.63) is 60.1 Å². The van der Waals surface area contributed by atoms with Crippen LogP contribution in [0.1, 0.15) is 29.8 Å². The minimum absolute atomic E-state index is 0.0799. The zero-order chi connectivity index (χ0) is 20.1. The molecule has 0 fully saturated rings. The van der Waals surface area contributed by atoms with E-state index in [-0.39, 0.29) is 24.4 Å². The van der Waals surface area contributed by atoms with Crippen LogP contribution >= 0.6 is 0 Å². The molecular formula is C19H21FN6O2. The molecule has 0 aromatic carbocycles. The Morgan fingerprint density at radius 3 is 2.71 bits per heavy atom. The predicted octanol–water partition coefficient (Wildman–Crippen LogP) is 2.43. The molecule has 0 unspecified atom stereocenters. The van der Waals surface area contributed by atoms with E-state index < -0.39 is 5.82 Å². The Labute approximate surface area is 162 Å². The number of hydrogen-bond acceptors (Lipinski definition) is 6. The molecule has 0 saturated heterocycles. The lowest BCUT2D eigenvalue weighted by Crippen LogP contribution is -2.42. The summed E-state index contributed by atoms with van der Waals surface area (Å²) < 4.78 is 19.4. The molecule has 0 aliphatic heterocycles.